The van der Waals surface area contributed by atoms with E-state index in [0.717, 1.165) is 18.5 Å². The zero-order valence-electron chi connectivity index (χ0n) is 23.7. The zero-order valence-corrected chi connectivity index (χ0v) is 26.1. The Hall–Kier alpha value is -2.10. The van der Waals surface area contributed by atoms with E-state index in [1.807, 2.05) is 44.2 Å². The van der Waals surface area contributed by atoms with E-state index in [2.05, 4.69) is 36.0 Å². The maximum absolute atomic E-state index is 14.5. The molecule has 0 aliphatic carbocycles. The van der Waals surface area contributed by atoms with E-state index in [1.165, 1.54) is 0 Å². The van der Waals surface area contributed by atoms with E-state index < -0.39 is 28.7 Å². The third kappa shape index (κ3) is 5.18. The van der Waals surface area contributed by atoms with Crippen LogP contribution in [0.25, 0.3) is 0 Å². The molecule has 218 valence electrons. The third-order valence-corrected chi connectivity index (χ3v) is 11.9. The van der Waals surface area contributed by atoms with Gasteiger partial charge in [-0.1, -0.05) is 73.5 Å². The third-order valence-electron chi connectivity index (χ3n) is 8.65. The lowest BCUT2D eigenvalue weighted by atomic mass is 9.70. The molecule has 3 aliphatic heterocycles. The summed E-state index contributed by atoms with van der Waals surface area (Å²) < 4.78 is -0.766. The maximum Gasteiger partial charge on any atom is 0.247 e. The maximum atomic E-state index is 14.5. The Morgan fingerprint density at radius 3 is 2.45 bits per heavy atom. The molecule has 1 aromatic rings. The summed E-state index contributed by atoms with van der Waals surface area (Å²) in [6.45, 7) is 14.8. The molecule has 9 heteroatoms. The van der Waals surface area contributed by atoms with Gasteiger partial charge >= 0.3 is 0 Å². The minimum atomic E-state index is -0.766. The topological polar surface area (TPSA) is 81.2 Å². The fourth-order valence-electron chi connectivity index (χ4n) is 6.82. The minimum absolute atomic E-state index is 0.0257. The molecule has 0 radical (unpaired) electrons. The van der Waals surface area contributed by atoms with E-state index in [0.29, 0.717) is 26.1 Å². The first-order valence-corrected chi connectivity index (χ1v) is 16.1. The average molecular weight is 633 g/mol. The van der Waals surface area contributed by atoms with Crippen molar-refractivity contribution in [3.05, 3.63) is 55.6 Å². The Morgan fingerprint density at radius 2 is 1.88 bits per heavy atom. The molecule has 1 aromatic carbocycles. The highest BCUT2D eigenvalue weighted by Crippen LogP contribution is 2.68. The number of para-hydroxylation sites is 1. The molecule has 7 nitrogen and oxygen atoms in total. The number of fused-ring (bicyclic) bond motifs is 1. The van der Waals surface area contributed by atoms with Crippen LogP contribution in [0.5, 0.6) is 0 Å². The predicted molar refractivity (Wildman–Crippen MR) is 165 cm³/mol. The van der Waals surface area contributed by atoms with Gasteiger partial charge in [0, 0.05) is 35.4 Å². The van der Waals surface area contributed by atoms with Gasteiger partial charge < -0.3 is 19.8 Å². The van der Waals surface area contributed by atoms with E-state index in [1.54, 1.807) is 38.6 Å². The first-order chi connectivity index (χ1) is 19.2. The van der Waals surface area contributed by atoms with Crippen LogP contribution < -0.4 is 4.90 Å². The summed E-state index contributed by atoms with van der Waals surface area (Å²) in [4.78, 5) is 48.5. The summed E-state index contributed by atoms with van der Waals surface area (Å²) in [7, 11) is 0. The van der Waals surface area contributed by atoms with Gasteiger partial charge in [0.1, 0.15) is 6.04 Å². The Bertz CT molecular complexity index is 1120. The van der Waals surface area contributed by atoms with Gasteiger partial charge in [0.05, 0.1) is 29.2 Å². The van der Waals surface area contributed by atoms with Gasteiger partial charge in [-0.2, -0.15) is 0 Å². The number of thioether (sulfide) groups is 1. The SMILES string of the molecule is C=CCN(CCCC)C(=O)C1N([C@@H](CO)C(C)C)C(=O)[C@@H]2[C@H](C(=O)N(CC=C)c3ccccc3)[C@H]3SC12CC3Br. The molecule has 0 saturated carbocycles. The fraction of sp³-hybridized carbons (Fsp3) is 0.581. The molecule has 3 aliphatic rings. The van der Waals surface area contributed by atoms with Crippen LogP contribution in [0.1, 0.15) is 40.0 Å². The van der Waals surface area contributed by atoms with Crippen molar-refractivity contribution in [1.82, 2.24) is 9.80 Å². The van der Waals surface area contributed by atoms with Crippen LogP contribution in [0, 0.1) is 17.8 Å². The first-order valence-electron chi connectivity index (χ1n) is 14.3. The highest BCUT2D eigenvalue weighted by molar-refractivity contribution is 9.09. The standard InChI is InChI=1S/C31H42BrN3O4S/c1-6-9-17-33(15-7-2)30(39)27-31-18-22(32)26(40-31)24(25(31)29(38)35(27)23(19-36)20(4)5)28(37)34(16-8-3)21-13-11-10-12-14-21/h7-8,10-14,20,22-27,36H,2-3,6,9,15-19H2,1,4-5H3/t22?,23-,24-,25-,26-,27?,31?/m0/s1. The largest absolute Gasteiger partial charge is 0.394 e. The predicted octanol–water partition coefficient (Wildman–Crippen LogP) is 4.50. The fourth-order valence-corrected chi connectivity index (χ4v) is 10.4. The molecule has 4 rings (SSSR count). The average Bonchev–Trinajstić information content (AvgIpc) is 3.53. The second kappa shape index (κ2) is 12.8. The number of hydrogen-bond donors (Lipinski definition) is 1. The van der Waals surface area contributed by atoms with Gasteiger partial charge in [0.15, 0.2) is 0 Å². The first kappa shape index (κ1) is 30.8. The molecule has 2 bridgehead atoms. The highest BCUT2D eigenvalue weighted by Gasteiger charge is 2.76. The molecule has 7 atom stereocenters. The number of hydrogen-bond acceptors (Lipinski definition) is 5. The number of aliphatic hydroxyl groups is 1. The number of aliphatic hydroxyl groups excluding tert-OH is 1. The summed E-state index contributed by atoms with van der Waals surface area (Å²) in [5, 5.41) is 10.3. The quantitative estimate of drug-likeness (QED) is 0.256. The van der Waals surface area contributed by atoms with Crippen molar-refractivity contribution in [3.63, 3.8) is 0 Å². The van der Waals surface area contributed by atoms with Crippen molar-refractivity contribution in [2.24, 2.45) is 17.8 Å². The van der Waals surface area contributed by atoms with E-state index >= 15 is 0 Å². The molecule has 3 heterocycles. The van der Waals surface area contributed by atoms with Gasteiger partial charge in [-0.25, -0.2) is 0 Å². The van der Waals surface area contributed by atoms with Crippen LogP contribution in [-0.2, 0) is 14.4 Å². The summed E-state index contributed by atoms with van der Waals surface area (Å²) in [6.07, 6.45) is 5.80. The van der Waals surface area contributed by atoms with Crippen LogP contribution in [0.15, 0.2) is 55.6 Å². The summed E-state index contributed by atoms with van der Waals surface area (Å²) in [6, 6.07) is 8.16. The number of halogens is 1. The van der Waals surface area contributed by atoms with Crippen molar-refractivity contribution in [3.8, 4) is 0 Å². The highest BCUT2D eigenvalue weighted by atomic mass is 79.9. The summed E-state index contributed by atoms with van der Waals surface area (Å²) >= 11 is 5.49. The minimum Gasteiger partial charge on any atom is -0.394 e. The second-order valence-electron chi connectivity index (χ2n) is 11.4. The number of anilines is 1. The number of unbranched alkanes of at least 4 members (excludes halogenated alkanes) is 1. The lowest BCUT2D eigenvalue weighted by Crippen LogP contribution is -2.58. The molecule has 0 aromatic heterocycles. The molecule has 1 N–H and O–H groups in total. The van der Waals surface area contributed by atoms with Crippen molar-refractivity contribution < 1.29 is 19.5 Å². The smallest absolute Gasteiger partial charge is 0.247 e. The van der Waals surface area contributed by atoms with Crippen LogP contribution in [0.3, 0.4) is 0 Å². The van der Waals surface area contributed by atoms with Gasteiger partial charge in [-0.05, 0) is 30.9 Å². The number of carbonyl (C=O) groups is 3. The van der Waals surface area contributed by atoms with Gasteiger partial charge in [-0.3, -0.25) is 14.4 Å². The lowest BCUT2D eigenvalue weighted by molar-refractivity contribution is -0.146. The monoisotopic (exact) mass is 631 g/mol. The van der Waals surface area contributed by atoms with Crippen molar-refractivity contribution in [1.29, 1.82) is 0 Å². The van der Waals surface area contributed by atoms with Gasteiger partial charge in [-0.15, -0.1) is 24.9 Å². The normalized spacial score (nSPS) is 29.4. The molecular formula is C31H42BrN3O4S. The van der Waals surface area contributed by atoms with E-state index in [9.17, 15) is 19.5 Å². The van der Waals surface area contributed by atoms with Crippen LogP contribution in [0.4, 0.5) is 5.69 Å². The van der Waals surface area contributed by atoms with Crippen molar-refractivity contribution >= 4 is 51.1 Å². The number of nitrogens with zero attached hydrogens (tertiary/aromatic N) is 3. The Morgan fingerprint density at radius 1 is 1.20 bits per heavy atom. The van der Waals surface area contributed by atoms with Crippen LogP contribution >= 0.6 is 27.7 Å². The van der Waals surface area contributed by atoms with E-state index in [-0.39, 0.29) is 40.3 Å². The second-order valence-corrected chi connectivity index (χ2v) is 14.1. The Kier molecular flexibility index (Phi) is 9.89. The number of rotatable bonds is 13. The number of likely N-dealkylation sites (tertiary alicyclic amines) is 1. The molecule has 1 spiro atoms. The number of carbonyl (C=O) groups excluding carboxylic acids is 3. The Labute approximate surface area is 251 Å². The van der Waals surface area contributed by atoms with Crippen LogP contribution in [0.2, 0.25) is 0 Å². The van der Waals surface area contributed by atoms with Gasteiger partial charge in [0.25, 0.3) is 0 Å². The van der Waals surface area contributed by atoms with Crippen molar-refractivity contribution in [2.75, 3.05) is 31.1 Å². The summed E-state index contributed by atoms with van der Waals surface area (Å²) in [5.41, 5.74) is 0.752. The number of benzene rings is 1. The molecule has 3 unspecified atom stereocenters. The summed E-state index contributed by atoms with van der Waals surface area (Å²) in [5.74, 6) is -1.76. The molecule has 3 saturated heterocycles. The molecular weight excluding hydrogens is 590 g/mol. The van der Waals surface area contributed by atoms with E-state index in [4.69, 9.17) is 0 Å². The molecule has 3 amide bonds. The zero-order chi connectivity index (χ0) is 29.2. The number of alkyl halides is 1. The molecule has 3 fully saturated rings. The Balaban J connectivity index is 1.82. The van der Waals surface area contributed by atoms with Gasteiger partial charge in [0.2, 0.25) is 17.7 Å². The number of amides is 3. The molecule has 40 heavy (non-hydrogen) atoms. The van der Waals surface area contributed by atoms with Crippen LogP contribution in [-0.4, -0.2) is 85.8 Å². The lowest BCUT2D eigenvalue weighted by Gasteiger charge is -2.41. The van der Waals surface area contributed by atoms with Crippen molar-refractivity contribution in [2.45, 2.75) is 66.9 Å².